The van der Waals surface area contributed by atoms with Crippen LogP contribution in [0.5, 0.6) is 0 Å². The van der Waals surface area contributed by atoms with E-state index in [1.165, 1.54) is 24.8 Å². The molecule has 0 atom stereocenters. The van der Waals surface area contributed by atoms with Gasteiger partial charge in [-0.15, -0.1) is 0 Å². The lowest BCUT2D eigenvalue weighted by Gasteiger charge is -2.07. The van der Waals surface area contributed by atoms with Crippen molar-refractivity contribution in [3.05, 3.63) is 29.8 Å². The molecule has 2 N–H and O–H groups in total. The normalized spacial score (nSPS) is 10.2. The van der Waals surface area contributed by atoms with Crippen LogP contribution in [-0.4, -0.2) is 18.4 Å². The lowest BCUT2D eigenvalue weighted by Crippen LogP contribution is -2.35. The summed E-state index contributed by atoms with van der Waals surface area (Å²) in [5.41, 5.74) is 1.85. The molecule has 0 fully saturated rings. The number of anilines is 1. The standard InChI is InChI=1S/C17H26N2O2/c1-3-5-6-7-8-13-18-16(20)17(21)19-15-11-9-14(4-2)10-12-15/h9-12H,3-8,13H2,1-2H3,(H,18,20)(H,19,21). The zero-order valence-corrected chi connectivity index (χ0v) is 13.1. The van der Waals surface area contributed by atoms with Crippen molar-refractivity contribution in [1.29, 1.82) is 0 Å². The number of benzene rings is 1. The molecule has 0 spiro atoms. The first-order valence-corrected chi connectivity index (χ1v) is 7.85. The van der Waals surface area contributed by atoms with E-state index in [1.54, 1.807) is 0 Å². The van der Waals surface area contributed by atoms with Crippen molar-refractivity contribution in [1.82, 2.24) is 5.32 Å². The first-order chi connectivity index (χ1) is 10.2. The van der Waals surface area contributed by atoms with Gasteiger partial charge in [0.1, 0.15) is 0 Å². The minimum Gasteiger partial charge on any atom is -0.348 e. The summed E-state index contributed by atoms with van der Waals surface area (Å²) in [4.78, 5) is 23.3. The zero-order valence-electron chi connectivity index (χ0n) is 13.1. The number of rotatable bonds is 8. The topological polar surface area (TPSA) is 58.2 Å². The lowest BCUT2D eigenvalue weighted by molar-refractivity contribution is -0.136. The maximum Gasteiger partial charge on any atom is 0.313 e. The molecule has 0 heterocycles. The fraction of sp³-hybridized carbons (Fsp3) is 0.529. The van der Waals surface area contributed by atoms with Gasteiger partial charge >= 0.3 is 11.8 Å². The van der Waals surface area contributed by atoms with Crippen LogP contribution in [0, 0.1) is 0 Å². The molecule has 4 nitrogen and oxygen atoms in total. The highest BCUT2D eigenvalue weighted by atomic mass is 16.2. The number of carbonyl (C=O) groups is 2. The molecule has 2 amide bonds. The molecule has 1 rings (SSSR count). The smallest absolute Gasteiger partial charge is 0.313 e. The van der Waals surface area contributed by atoms with Gasteiger partial charge in [0.25, 0.3) is 0 Å². The molecule has 1 aromatic rings. The van der Waals surface area contributed by atoms with E-state index in [0.29, 0.717) is 12.2 Å². The molecule has 1 aromatic carbocycles. The van der Waals surface area contributed by atoms with Gasteiger partial charge in [-0.1, -0.05) is 51.7 Å². The molecular formula is C17H26N2O2. The van der Waals surface area contributed by atoms with Gasteiger partial charge in [0, 0.05) is 12.2 Å². The van der Waals surface area contributed by atoms with Gasteiger partial charge in [0.15, 0.2) is 0 Å². The zero-order chi connectivity index (χ0) is 15.5. The number of carbonyl (C=O) groups excluding carboxylic acids is 2. The fourth-order valence-corrected chi connectivity index (χ4v) is 2.02. The molecule has 0 aliphatic heterocycles. The van der Waals surface area contributed by atoms with E-state index in [2.05, 4.69) is 24.5 Å². The Kier molecular flexibility index (Phi) is 8.17. The summed E-state index contributed by atoms with van der Waals surface area (Å²) >= 11 is 0. The Morgan fingerprint density at radius 2 is 1.57 bits per heavy atom. The van der Waals surface area contributed by atoms with Gasteiger partial charge in [-0.25, -0.2) is 0 Å². The monoisotopic (exact) mass is 290 g/mol. The number of nitrogens with one attached hydrogen (secondary N) is 2. The fourth-order valence-electron chi connectivity index (χ4n) is 2.02. The molecule has 21 heavy (non-hydrogen) atoms. The molecule has 0 saturated carbocycles. The SMILES string of the molecule is CCCCCCCNC(=O)C(=O)Nc1ccc(CC)cc1. The molecule has 0 radical (unpaired) electrons. The largest absolute Gasteiger partial charge is 0.348 e. The second kappa shape index (κ2) is 9.97. The van der Waals surface area contributed by atoms with Crippen molar-refractivity contribution < 1.29 is 9.59 Å². The maximum atomic E-state index is 11.7. The van der Waals surface area contributed by atoms with Gasteiger partial charge in [-0.3, -0.25) is 9.59 Å². The number of aryl methyl sites for hydroxylation is 1. The van der Waals surface area contributed by atoms with Crippen molar-refractivity contribution in [3.8, 4) is 0 Å². The average Bonchev–Trinajstić information content (AvgIpc) is 2.51. The minimum atomic E-state index is -0.604. The maximum absolute atomic E-state index is 11.7. The predicted molar refractivity (Wildman–Crippen MR) is 86.2 cm³/mol. The highest BCUT2D eigenvalue weighted by Gasteiger charge is 2.12. The second-order valence-corrected chi connectivity index (χ2v) is 5.17. The number of unbranched alkanes of at least 4 members (excludes halogenated alkanes) is 4. The van der Waals surface area contributed by atoms with Crippen molar-refractivity contribution in [2.45, 2.75) is 52.4 Å². The van der Waals surface area contributed by atoms with Crippen LogP contribution in [-0.2, 0) is 16.0 Å². The Bertz CT molecular complexity index is 441. The summed E-state index contributed by atoms with van der Waals surface area (Å²) in [5, 5.41) is 5.25. The van der Waals surface area contributed by atoms with Crippen LogP contribution in [0.15, 0.2) is 24.3 Å². The van der Waals surface area contributed by atoms with Crippen molar-refractivity contribution in [2.24, 2.45) is 0 Å². The summed E-state index contributed by atoms with van der Waals surface area (Å²) < 4.78 is 0. The summed E-state index contributed by atoms with van der Waals surface area (Å²) in [6.45, 7) is 4.80. The summed E-state index contributed by atoms with van der Waals surface area (Å²) in [6.07, 6.45) is 6.57. The third kappa shape index (κ3) is 6.93. The molecule has 0 bridgehead atoms. The summed E-state index contributed by atoms with van der Waals surface area (Å²) in [7, 11) is 0. The third-order valence-corrected chi connectivity index (χ3v) is 3.39. The predicted octanol–water partition coefficient (Wildman–Crippen LogP) is 3.27. The Hall–Kier alpha value is -1.84. The first-order valence-electron chi connectivity index (χ1n) is 7.85. The van der Waals surface area contributed by atoms with Crippen LogP contribution in [0.1, 0.15) is 51.5 Å². The summed E-state index contributed by atoms with van der Waals surface area (Å²) in [5.74, 6) is -1.17. The van der Waals surface area contributed by atoms with E-state index in [1.807, 2.05) is 24.3 Å². The molecule has 0 aliphatic carbocycles. The van der Waals surface area contributed by atoms with E-state index < -0.39 is 11.8 Å². The Morgan fingerprint density at radius 3 is 2.19 bits per heavy atom. The molecule has 0 aliphatic rings. The molecule has 0 unspecified atom stereocenters. The quantitative estimate of drug-likeness (QED) is 0.570. The minimum absolute atomic E-state index is 0.560. The van der Waals surface area contributed by atoms with Crippen molar-refractivity contribution in [2.75, 3.05) is 11.9 Å². The van der Waals surface area contributed by atoms with E-state index in [0.717, 1.165) is 19.3 Å². The van der Waals surface area contributed by atoms with Gasteiger partial charge in [0.2, 0.25) is 0 Å². The van der Waals surface area contributed by atoms with Crippen LogP contribution in [0.2, 0.25) is 0 Å². The number of hydrogen-bond acceptors (Lipinski definition) is 2. The lowest BCUT2D eigenvalue weighted by atomic mass is 10.1. The van der Waals surface area contributed by atoms with Crippen LogP contribution in [0.3, 0.4) is 0 Å². The van der Waals surface area contributed by atoms with Crippen LogP contribution in [0.4, 0.5) is 5.69 Å². The van der Waals surface area contributed by atoms with E-state index in [-0.39, 0.29) is 0 Å². The number of hydrogen-bond donors (Lipinski definition) is 2. The second-order valence-electron chi connectivity index (χ2n) is 5.17. The Morgan fingerprint density at radius 1 is 0.905 bits per heavy atom. The van der Waals surface area contributed by atoms with E-state index in [4.69, 9.17) is 0 Å². The molecule has 0 aromatic heterocycles. The van der Waals surface area contributed by atoms with Gasteiger partial charge in [-0.2, -0.15) is 0 Å². The van der Waals surface area contributed by atoms with Gasteiger partial charge < -0.3 is 10.6 Å². The van der Waals surface area contributed by atoms with Crippen LogP contribution < -0.4 is 10.6 Å². The van der Waals surface area contributed by atoms with Crippen molar-refractivity contribution >= 4 is 17.5 Å². The Labute approximate surface area is 127 Å². The van der Waals surface area contributed by atoms with E-state index >= 15 is 0 Å². The highest BCUT2D eigenvalue weighted by molar-refractivity contribution is 6.39. The Balaban J connectivity index is 2.25. The van der Waals surface area contributed by atoms with Crippen LogP contribution >= 0.6 is 0 Å². The van der Waals surface area contributed by atoms with E-state index in [9.17, 15) is 9.59 Å². The molecular weight excluding hydrogens is 264 g/mol. The number of amides is 2. The van der Waals surface area contributed by atoms with Crippen molar-refractivity contribution in [3.63, 3.8) is 0 Å². The third-order valence-electron chi connectivity index (χ3n) is 3.39. The molecule has 116 valence electrons. The molecule has 4 heteroatoms. The first kappa shape index (κ1) is 17.2. The van der Waals surface area contributed by atoms with Crippen LogP contribution in [0.25, 0.3) is 0 Å². The van der Waals surface area contributed by atoms with Gasteiger partial charge in [0.05, 0.1) is 0 Å². The summed E-state index contributed by atoms with van der Waals surface area (Å²) in [6, 6.07) is 7.52. The molecule has 0 saturated heterocycles. The van der Waals surface area contributed by atoms with Gasteiger partial charge in [-0.05, 0) is 30.5 Å². The highest BCUT2D eigenvalue weighted by Crippen LogP contribution is 2.09. The average molecular weight is 290 g/mol.